The normalized spacial score (nSPS) is 25.7. The summed E-state index contributed by atoms with van der Waals surface area (Å²) in [6.45, 7) is 6.83. The zero-order valence-corrected chi connectivity index (χ0v) is 10.6. The first-order chi connectivity index (χ1) is 6.78. The van der Waals surface area contributed by atoms with Crippen molar-refractivity contribution in [3.63, 3.8) is 0 Å². The second-order valence-electron chi connectivity index (χ2n) is 6.14. The maximum atomic E-state index is 11.4. The fourth-order valence-corrected chi connectivity index (χ4v) is 2.19. The van der Waals surface area contributed by atoms with Crippen LogP contribution in [0.3, 0.4) is 0 Å². The first-order valence-electron chi connectivity index (χ1n) is 5.76. The summed E-state index contributed by atoms with van der Waals surface area (Å²) in [5.74, 6) is 0.803. The Morgan fingerprint density at radius 1 is 1.33 bits per heavy atom. The largest absolute Gasteiger partial charge is 0.335 e. The monoisotopic (exact) mass is 212 g/mol. The number of rotatable bonds is 2. The number of carbonyl (C=O) groups excluding carboxylic acids is 1. The maximum Gasteiger partial charge on any atom is 0.317 e. The smallest absolute Gasteiger partial charge is 0.317 e. The van der Waals surface area contributed by atoms with Gasteiger partial charge in [-0.3, -0.25) is 0 Å². The molecule has 0 aliphatic heterocycles. The van der Waals surface area contributed by atoms with Crippen molar-refractivity contribution in [1.82, 2.24) is 10.2 Å². The average molecular weight is 212 g/mol. The molecule has 1 fully saturated rings. The fraction of sp³-hybridized carbons (Fsp3) is 0.917. The number of hydrogen-bond donors (Lipinski definition) is 1. The van der Waals surface area contributed by atoms with E-state index in [-0.39, 0.29) is 6.03 Å². The lowest BCUT2D eigenvalue weighted by molar-refractivity contribution is 0.151. The zero-order valence-electron chi connectivity index (χ0n) is 10.6. The third-order valence-electron chi connectivity index (χ3n) is 2.87. The lowest BCUT2D eigenvalue weighted by atomic mass is 9.71. The molecule has 0 saturated heterocycles. The molecule has 0 heterocycles. The molecule has 1 aliphatic carbocycles. The van der Waals surface area contributed by atoms with Crippen molar-refractivity contribution in [1.29, 1.82) is 0 Å². The molecule has 1 rings (SSSR count). The lowest BCUT2D eigenvalue weighted by Gasteiger charge is -2.39. The molecule has 1 saturated carbocycles. The van der Waals surface area contributed by atoms with E-state index in [0.29, 0.717) is 11.5 Å². The molecule has 3 heteroatoms. The van der Waals surface area contributed by atoms with Gasteiger partial charge in [-0.2, -0.15) is 0 Å². The zero-order chi connectivity index (χ0) is 11.6. The van der Waals surface area contributed by atoms with Crippen LogP contribution in [0.1, 0.15) is 40.0 Å². The summed E-state index contributed by atoms with van der Waals surface area (Å²) >= 11 is 0. The molecule has 88 valence electrons. The van der Waals surface area contributed by atoms with E-state index in [9.17, 15) is 4.79 Å². The van der Waals surface area contributed by atoms with Crippen LogP contribution in [-0.4, -0.2) is 31.1 Å². The van der Waals surface area contributed by atoms with E-state index >= 15 is 0 Å². The standard InChI is InChI=1S/C12H24N2O/c1-12(2,3)8-9-6-10(7-9)13-11(15)14(4)5/h9-10H,6-8H2,1-5H3,(H,13,15)/t9-,10-. The van der Waals surface area contributed by atoms with Gasteiger partial charge in [0.25, 0.3) is 0 Å². The molecular formula is C12H24N2O. The van der Waals surface area contributed by atoms with Crippen molar-refractivity contribution >= 4 is 6.03 Å². The molecular weight excluding hydrogens is 188 g/mol. The summed E-state index contributed by atoms with van der Waals surface area (Å²) in [5, 5.41) is 3.02. The van der Waals surface area contributed by atoms with Crippen molar-refractivity contribution in [2.24, 2.45) is 11.3 Å². The summed E-state index contributed by atoms with van der Waals surface area (Å²) in [7, 11) is 3.56. The van der Waals surface area contributed by atoms with Crippen molar-refractivity contribution in [2.75, 3.05) is 14.1 Å². The van der Waals surface area contributed by atoms with Gasteiger partial charge >= 0.3 is 6.03 Å². The Kier molecular flexibility index (Phi) is 3.63. The third kappa shape index (κ3) is 4.10. The molecule has 1 aliphatic rings. The summed E-state index contributed by atoms with van der Waals surface area (Å²) < 4.78 is 0. The van der Waals surface area contributed by atoms with Crippen molar-refractivity contribution in [3.05, 3.63) is 0 Å². The quantitative estimate of drug-likeness (QED) is 0.749. The van der Waals surface area contributed by atoms with E-state index in [4.69, 9.17) is 0 Å². The minimum Gasteiger partial charge on any atom is -0.335 e. The van der Waals surface area contributed by atoms with Gasteiger partial charge in [0.15, 0.2) is 0 Å². The fourth-order valence-electron chi connectivity index (χ4n) is 2.19. The van der Waals surface area contributed by atoms with Gasteiger partial charge < -0.3 is 10.2 Å². The van der Waals surface area contributed by atoms with Crippen LogP contribution < -0.4 is 5.32 Å². The van der Waals surface area contributed by atoms with E-state index in [1.165, 1.54) is 6.42 Å². The first-order valence-corrected chi connectivity index (χ1v) is 5.76. The Balaban J connectivity index is 2.18. The van der Waals surface area contributed by atoms with Gasteiger partial charge in [0, 0.05) is 20.1 Å². The van der Waals surface area contributed by atoms with Crippen molar-refractivity contribution in [2.45, 2.75) is 46.1 Å². The minimum atomic E-state index is 0.0363. The minimum absolute atomic E-state index is 0.0363. The number of nitrogens with zero attached hydrogens (tertiary/aromatic N) is 1. The molecule has 0 bridgehead atoms. The van der Waals surface area contributed by atoms with Gasteiger partial charge in [-0.1, -0.05) is 20.8 Å². The SMILES string of the molecule is CN(C)C(=O)N[C@H]1C[C@H](CC(C)(C)C)C1. The Morgan fingerprint density at radius 2 is 1.87 bits per heavy atom. The molecule has 0 atom stereocenters. The highest BCUT2D eigenvalue weighted by atomic mass is 16.2. The first kappa shape index (κ1) is 12.3. The van der Waals surface area contributed by atoms with Gasteiger partial charge in [-0.05, 0) is 30.6 Å². The number of amides is 2. The molecule has 3 nitrogen and oxygen atoms in total. The Hall–Kier alpha value is -0.730. The Labute approximate surface area is 93.2 Å². The van der Waals surface area contributed by atoms with E-state index in [1.54, 1.807) is 19.0 Å². The van der Waals surface area contributed by atoms with Crippen molar-refractivity contribution in [3.8, 4) is 0 Å². The number of hydrogen-bond acceptors (Lipinski definition) is 1. The van der Waals surface area contributed by atoms with Crippen LogP contribution in [0.25, 0.3) is 0 Å². The van der Waals surface area contributed by atoms with E-state index in [0.717, 1.165) is 18.8 Å². The van der Waals surface area contributed by atoms with Gasteiger partial charge in [0.2, 0.25) is 0 Å². The lowest BCUT2D eigenvalue weighted by Crippen LogP contribution is -2.48. The highest BCUT2D eigenvalue weighted by Crippen LogP contribution is 2.37. The van der Waals surface area contributed by atoms with Crippen LogP contribution in [0.15, 0.2) is 0 Å². The molecule has 0 radical (unpaired) electrons. The maximum absolute atomic E-state index is 11.4. The van der Waals surface area contributed by atoms with Gasteiger partial charge in [0.05, 0.1) is 0 Å². The topological polar surface area (TPSA) is 32.3 Å². The summed E-state index contributed by atoms with van der Waals surface area (Å²) in [6.07, 6.45) is 3.56. The second-order valence-corrected chi connectivity index (χ2v) is 6.14. The molecule has 0 aromatic carbocycles. The highest BCUT2D eigenvalue weighted by Gasteiger charge is 2.32. The van der Waals surface area contributed by atoms with Gasteiger partial charge in [-0.15, -0.1) is 0 Å². The van der Waals surface area contributed by atoms with E-state index in [2.05, 4.69) is 26.1 Å². The van der Waals surface area contributed by atoms with Crippen LogP contribution in [0, 0.1) is 11.3 Å². The average Bonchev–Trinajstić information content (AvgIpc) is 1.97. The molecule has 0 spiro atoms. The third-order valence-corrected chi connectivity index (χ3v) is 2.87. The number of urea groups is 1. The predicted molar refractivity (Wildman–Crippen MR) is 62.8 cm³/mol. The van der Waals surface area contributed by atoms with Crippen LogP contribution in [0.2, 0.25) is 0 Å². The second kappa shape index (κ2) is 4.42. The summed E-state index contributed by atoms with van der Waals surface area (Å²) in [5.41, 5.74) is 0.418. The molecule has 0 aromatic rings. The van der Waals surface area contributed by atoms with Gasteiger partial charge in [0.1, 0.15) is 0 Å². The van der Waals surface area contributed by atoms with Crippen LogP contribution in [-0.2, 0) is 0 Å². The van der Waals surface area contributed by atoms with Gasteiger partial charge in [-0.25, -0.2) is 4.79 Å². The van der Waals surface area contributed by atoms with Crippen LogP contribution in [0.5, 0.6) is 0 Å². The summed E-state index contributed by atoms with van der Waals surface area (Å²) in [4.78, 5) is 12.9. The van der Waals surface area contributed by atoms with E-state index in [1.807, 2.05) is 0 Å². The van der Waals surface area contributed by atoms with Crippen LogP contribution in [0.4, 0.5) is 4.79 Å². The van der Waals surface area contributed by atoms with E-state index < -0.39 is 0 Å². The summed E-state index contributed by atoms with van der Waals surface area (Å²) in [6, 6.07) is 0.446. The Morgan fingerprint density at radius 3 is 2.27 bits per heavy atom. The Bertz CT molecular complexity index is 224. The van der Waals surface area contributed by atoms with Crippen molar-refractivity contribution < 1.29 is 4.79 Å². The van der Waals surface area contributed by atoms with Crippen LogP contribution >= 0.6 is 0 Å². The molecule has 0 aromatic heterocycles. The number of nitrogens with one attached hydrogen (secondary N) is 1. The predicted octanol–water partition coefficient (Wildman–Crippen LogP) is 2.47. The molecule has 1 N–H and O–H groups in total. The number of carbonyl (C=O) groups is 1. The highest BCUT2D eigenvalue weighted by molar-refractivity contribution is 5.73. The molecule has 0 unspecified atom stereocenters. The molecule has 2 amide bonds. The molecule has 15 heavy (non-hydrogen) atoms.